The summed E-state index contributed by atoms with van der Waals surface area (Å²) in [6.45, 7) is 1.90. The van der Waals surface area contributed by atoms with Crippen LogP contribution in [0.15, 0.2) is 67.0 Å². The van der Waals surface area contributed by atoms with Gasteiger partial charge < -0.3 is 11.1 Å². The van der Waals surface area contributed by atoms with Gasteiger partial charge in [-0.15, -0.1) is 5.10 Å². The Balaban J connectivity index is 1.76. The lowest BCUT2D eigenvalue weighted by molar-refractivity contribution is 0.628. The molecule has 0 saturated carbocycles. The van der Waals surface area contributed by atoms with Gasteiger partial charge in [-0.05, 0) is 61.0 Å². The van der Waals surface area contributed by atoms with Gasteiger partial charge in [0.2, 0.25) is 11.9 Å². The lowest BCUT2D eigenvalue weighted by Crippen LogP contribution is -2.06. The summed E-state index contributed by atoms with van der Waals surface area (Å²) in [4.78, 5) is 17.8. The van der Waals surface area contributed by atoms with Gasteiger partial charge in [0.25, 0.3) is 0 Å². The number of nitrogens with one attached hydrogen (secondary N) is 1. The van der Waals surface area contributed by atoms with Crippen LogP contribution in [-0.4, -0.2) is 29.5 Å². The molecule has 0 unspecified atom stereocenters. The summed E-state index contributed by atoms with van der Waals surface area (Å²) in [6.07, 6.45) is 3.39. The number of halogens is 1. The van der Waals surface area contributed by atoms with Gasteiger partial charge in [-0.2, -0.15) is 9.50 Å². The smallest absolute Gasteiger partial charge is 0.248 e. The van der Waals surface area contributed by atoms with E-state index >= 15 is 0 Å². The third-order valence-electron chi connectivity index (χ3n) is 4.72. The summed E-state index contributed by atoms with van der Waals surface area (Å²) < 4.78 is 15.0. The van der Waals surface area contributed by atoms with Crippen LogP contribution >= 0.6 is 0 Å². The van der Waals surface area contributed by atoms with Crippen LogP contribution in [0.3, 0.4) is 0 Å². The molecule has 0 atom stereocenters. The van der Waals surface area contributed by atoms with Crippen LogP contribution in [0, 0.1) is 12.7 Å². The minimum atomic E-state index is -0.330. The van der Waals surface area contributed by atoms with E-state index in [1.165, 1.54) is 16.6 Å². The highest BCUT2D eigenvalue weighted by molar-refractivity contribution is 5.91. The van der Waals surface area contributed by atoms with E-state index in [0.29, 0.717) is 34.2 Å². The molecule has 0 bridgehead atoms. The Labute approximate surface area is 176 Å². The van der Waals surface area contributed by atoms with Gasteiger partial charge in [0, 0.05) is 23.7 Å². The topological polar surface area (TPSA) is 107 Å². The van der Waals surface area contributed by atoms with Crippen molar-refractivity contribution < 1.29 is 4.39 Å². The van der Waals surface area contributed by atoms with Crippen molar-refractivity contribution in [2.75, 3.05) is 11.1 Å². The molecule has 8 nitrogen and oxygen atoms in total. The minimum absolute atomic E-state index is 0.158. The fourth-order valence-corrected chi connectivity index (χ4v) is 3.35. The van der Waals surface area contributed by atoms with Crippen LogP contribution in [0.25, 0.3) is 28.0 Å². The van der Waals surface area contributed by atoms with Crippen molar-refractivity contribution in [1.82, 2.24) is 29.5 Å². The second-order valence-electron chi connectivity index (χ2n) is 6.90. The standard InChI is InChI=1S/C22H17FN8/c1-13-12-15(9-11-25-13)18-19(14-5-7-16(23)8-6-14)28-21(24)31-20(18)29-22(30-31)27-17-4-2-3-10-26-17/h2-12H,1H3,(H2,24,28)(H,26,27,30). The molecule has 9 heteroatoms. The van der Waals surface area contributed by atoms with E-state index < -0.39 is 0 Å². The molecule has 0 amide bonds. The van der Waals surface area contributed by atoms with Crippen LogP contribution in [0.1, 0.15) is 5.69 Å². The summed E-state index contributed by atoms with van der Waals surface area (Å²) in [5.41, 5.74) is 10.4. The van der Waals surface area contributed by atoms with Crippen LogP contribution in [0.5, 0.6) is 0 Å². The number of nitrogen functional groups attached to an aromatic ring is 1. The van der Waals surface area contributed by atoms with Gasteiger partial charge in [0.1, 0.15) is 11.6 Å². The van der Waals surface area contributed by atoms with E-state index in [1.807, 2.05) is 37.3 Å². The molecule has 0 aliphatic heterocycles. The molecule has 0 saturated heterocycles. The van der Waals surface area contributed by atoms with Gasteiger partial charge in [0.05, 0.1) is 11.3 Å². The molecule has 1 aromatic carbocycles. The van der Waals surface area contributed by atoms with Crippen LogP contribution < -0.4 is 11.1 Å². The van der Waals surface area contributed by atoms with Gasteiger partial charge in [-0.25, -0.2) is 14.4 Å². The van der Waals surface area contributed by atoms with E-state index in [4.69, 9.17) is 5.73 Å². The molecule has 0 spiro atoms. The SMILES string of the molecule is Cc1cc(-c2c(-c3ccc(F)cc3)nc(N)n3nc(Nc4ccccn4)nc23)ccn1. The van der Waals surface area contributed by atoms with E-state index in [9.17, 15) is 4.39 Å². The second-order valence-corrected chi connectivity index (χ2v) is 6.90. The molecular formula is C22H17FN8. The highest BCUT2D eigenvalue weighted by atomic mass is 19.1. The van der Waals surface area contributed by atoms with Crippen LogP contribution in [0.4, 0.5) is 22.1 Å². The molecule has 5 aromatic rings. The van der Waals surface area contributed by atoms with E-state index in [1.54, 1.807) is 24.5 Å². The normalized spacial score (nSPS) is 11.0. The van der Waals surface area contributed by atoms with Crippen molar-refractivity contribution in [3.63, 3.8) is 0 Å². The molecule has 4 heterocycles. The van der Waals surface area contributed by atoms with Gasteiger partial charge >= 0.3 is 0 Å². The average Bonchev–Trinajstić information content (AvgIpc) is 3.19. The summed E-state index contributed by atoms with van der Waals surface area (Å²) in [5.74, 6) is 0.759. The van der Waals surface area contributed by atoms with Crippen LogP contribution in [0.2, 0.25) is 0 Å². The summed E-state index contributed by atoms with van der Waals surface area (Å²) in [7, 11) is 0. The summed E-state index contributed by atoms with van der Waals surface area (Å²) in [6, 6.07) is 15.4. The van der Waals surface area contributed by atoms with Crippen molar-refractivity contribution in [2.24, 2.45) is 0 Å². The van der Waals surface area contributed by atoms with Gasteiger partial charge in [-0.3, -0.25) is 4.98 Å². The molecule has 0 aliphatic rings. The first-order chi connectivity index (χ1) is 15.1. The van der Waals surface area contributed by atoms with Gasteiger partial charge in [-0.1, -0.05) is 6.07 Å². The fourth-order valence-electron chi connectivity index (χ4n) is 3.35. The molecule has 4 aromatic heterocycles. The number of hydrogen-bond donors (Lipinski definition) is 2. The van der Waals surface area contributed by atoms with Crippen molar-refractivity contribution in [3.05, 3.63) is 78.5 Å². The van der Waals surface area contributed by atoms with Crippen molar-refractivity contribution in [3.8, 4) is 22.4 Å². The molecule has 31 heavy (non-hydrogen) atoms. The zero-order valence-electron chi connectivity index (χ0n) is 16.5. The number of pyridine rings is 2. The molecule has 0 fully saturated rings. The minimum Gasteiger partial charge on any atom is -0.368 e. The Kier molecular flexibility index (Phi) is 4.47. The van der Waals surface area contributed by atoms with Crippen molar-refractivity contribution in [1.29, 1.82) is 0 Å². The van der Waals surface area contributed by atoms with Crippen molar-refractivity contribution in [2.45, 2.75) is 6.92 Å². The predicted octanol–water partition coefficient (Wildman–Crippen LogP) is 4.02. The lowest BCUT2D eigenvalue weighted by Gasteiger charge is -2.12. The average molecular weight is 412 g/mol. The molecule has 0 radical (unpaired) electrons. The molecule has 5 rings (SSSR count). The zero-order chi connectivity index (χ0) is 21.4. The second kappa shape index (κ2) is 7.45. The Morgan fingerprint density at radius 3 is 2.52 bits per heavy atom. The van der Waals surface area contributed by atoms with Crippen LogP contribution in [-0.2, 0) is 0 Å². The molecular weight excluding hydrogens is 395 g/mol. The largest absolute Gasteiger partial charge is 0.368 e. The predicted molar refractivity (Wildman–Crippen MR) is 116 cm³/mol. The fraction of sp³-hybridized carbons (Fsp3) is 0.0455. The Morgan fingerprint density at radius 1 is 0.935 bits per heavy atom. The third kappa shape index (κ3) is 3.52. The molecule has 0 aliphatic carbocycles. The number of aryl methyl sites for hydroxylation is 1. The number of rotatable bonds is 4. The number of nitrogens with two attached hydrogens (primary N) is 1. The monoisotopic (exact) mass is 412 g/mol. The summed E-state index contributed by atoms with van der Waals surface area (Å²) >= 11 is 0. The lowest BCUT2D eigenvalue weighted by atomic mass is 10.0. The maximum absolute atomic E-state index is 13.5. The molecule has 152 valence electrons. The van der Waals surface area contributed by atoms with Crippen molar-refractivity contribution >= 4 is 23.4 Å². The first-order valence-corrected chi connectivity index (χ1v) is 9.52. The molecule has 3 N–H and O–H groups in total. The number of aromatic nitrogens is 6. The van der Waals surface area contributed by atoms with E-state index in [0.717, 1.165) is 11.3 Å². The summed E-state index contributed by atoms with van der Waals surface area (Å²) in [5, 5.41) is 7.53. The number of anilines is 3. The first-order valence-electron chi connectivity index (χ1n) is 9.52. The number of fused-ring (bicyclic) bond motifs is 1. The highest BCUT2D eigenvalue weighted by Gasteiger charge is 2.20. The first kappa shape index (κ1) is 18.6. The Hall–Kier alpha value is -4.40. The number of hydrogen-bond acceptors (Lipinski definition) is 7. The maximum atomic E-state index is 13.5. The number of benzene rings is 1. The van der Waals surface area contributed by atoms with E-state index in [-0.39, 0.29) is 11.8 Å². The maximum Gasteiger partial charge on any atom is 0.248 e. The highest BCUT2D eigenvalue weighted by Crippen LogP contribution is 2.35. The quantitative estimate of drug-likeness (QED) is 0.459. The Bertz CT molecular complexity index is 1380. The Morgan fingerprint density at radius 2 is 1.77 bits per heavy atom. The third-order valence-corrected chi connectivity index (χ3v) is 4.72. The van der Waals surface area contributed by atoms with E-state index in [2.05, 4.69) is 30.4 Å². The zero-order valence-corrected chi connectivity index (χ0v) is 16.5. The van der Waals surface area contributed by atoms with Gasteiger partial charge in [0.15, 0.2) is 5.65 Å². The number of nitrogens with zero attached hydrogens (tertiary/aromatic N) is 6.